The van der Waals surface area contributed by atoms with Gasteiger partial charge in [-0.05, 0) is 72.4 Å². The molecule has 0 aromatic heterocycles. The molecule has 0 fully saturated rings. The predicted molar refractivity (Wildman–Crippen MR) is 96.4 cm³/mol. The van der Waals surface area contributed by atoms with Gasteiger partial charge in [-0.2, -0.15) is 0 Å². The Kier molecular flexibility index (Phi) is 7.51. The first kappa shape index (κ1) is 20.1. The van der Waals surface area contributed by atoms with Crippen LogP contribution in [0.5, 0.6) is 0 Å². The van der Waals surface area contributed by atoms with E-state index in [1.54, 1.807) is 6.07 Å². The number of alkyl halides is 3. The number of carbonyl (C=O) groups excluding carboxylic acids is 1. The molecule has 0 aliphatic carbocycles. The quantitative estimate of drug-likeness (QED) is 0.584. The number of aliphatic hydroxyl groups excluding tert-OH is 1. The Bertz CT molecular complexity index is 622. The molecule has 0 saturated carbocycles. The molecule has 0 spiro atoms. The standard InChI is InChI=1S/C13H16Br3NO4S/c1-2-6-17(7-8-18)12(19)10-4-3-5-11(9-10)22(20,21)13(14,15)16/h3-5,9,18H,2,6-8H2,1H3. The SMILES string of the molecule is CCCN(CCO)C(=O)c1cccc(S(=O)(=O)C(Br)(Br)Br)c1. The number of rotatable bonds is 6. The summed E-state index contributed by atoms with van der Waals surface area (Å²) in [5.74, 6) is -0.308. The van der Waals surface area contributed by atoms with Crippen molar-refractivity contribution in [1.82, 2.24) is 4.90 Å². The molecule has 0 aliphatic rings. The van der Waals surface area contributed by atoms with Crippen molar-refractivity contribution in [1.29, 1.82) is 0 Å². The lowest BCUT2D eigenvalue weighted by Crippen LogP contribution is -2.34. The maximum atomic E-state index is 12.4. The third-order valence-electron chi connectivity index (χ3n) is 2.85. The molecule has 0 aliphatic heterocycles. The second-order valence-electron chi connectivity index (χ2n) is 4.49. The summed E-state index contributed by atoms with van der Waals surface area (Å²) < 4.78 is 23.2. The van der Waals surface area contributed by atoms with Gasteiger partial charge in [0.05, 0.1) is 11.5 Å². The average Bonchev–Trinajstić information content (AvgIpc) is 2.45. The van der Waals surface area contributed by atoms with E-state index in [9.17, 15) is 13.2 Å². The van der Waals surface area contributed by atoms with Crippen molar-refractivity contribution in [3.05, 3.63) is 29.8 Å². The van der Waals surface area contributed by atoms with Gasteiger partial charge in [0.1, 0.15) is 0 Å². The fourth-order valence-electron chi connectivity index (χ4n) is 1.82. The smallest absolute Gasteiger partial charge is 0.253 e. The van der Waals surface area contributed by atoms with E-state index in [4.69, 9.17) is 5.11 Å². The molecule has 0 heterocycles. The van der Waals surface area contributed by atoms with Crippen LogP contribution in [-0.2, 0) is 9.84 Å². The van der Waals surface area contributed by atoms with Gasteiger partial charge < -0.3 is 10.0 Å². The van der Waals surface area contributed by atoms with Crippen molar-refractivity contribution in [2.24, 2.45) is 0 Å². The lowest BCUT2D eigenvalue weighted by molar-refractivity contribution is 0.0721. The molecule has 1 N–H and O–H groups in total. The highest BCUT2D eigenvalue weighted by Crippen LogP contribution is 2.43. The third kappa shape index (κ3) is 4.77. The molecule has 1 rings (SSSR count). The van der Waals surface area contributed by atoms with Crippen LogP contribution in [-0.4, -0.2) is 45.5 Å². The summed E-state index contributed by atoms with van der Waals surface area (Å²) in [6.45, 7) is 2.49. The van der Waals surface area contributed by atoms with Gasteiger partial charge in [0.2, 0.25) is 11.3 Å². The van der Waals surface area contributed by atoms with E-state index < -0.39 is 11.3 Å². The molecule has 0 radical (unpaired) electrons. The molecule has 1 amide bonds. The molecule has 0 saturated heterocycles. The highest BCUT2D eigenvalue weighted by Gasteiger charge is 2.37. The van der Waals surface area contributed by atoms with E-state index in [-0.39, 0.29) is 29.5 Å². The van der Waals surface area contributed by atoms with Crippen molar-refractivity contribution in [2.75, 3.05) is 19.7 Å². The maximum absolute atomic E-state index is 12.4. The molecule has 0 atom stereocenters. The predicted octanol–water partition coefficient (Wildman–Crippen LogP) is 3.10. The molecule has 9 heteroatoms. The molecule has 5 nitrogen and oxygen atoms in total. The molecule has 22 heavy (non-hydrogen) atoms. The monoisotopic (exact) mass is 519 g/mol. The fourth-order valence-corrected chi connectivity index (χ4v) is 4.31. The number of hydrogen-bond donors (Lipinski definition) is 1. The van der Waals surface area contributed by atoms with Crippen LogP contribution in [0, 0.1) is 0 Å². The Hall–Kier alpha value is 0.0400. The van der Waals surface area contributed by atoms with Crippen molar-refractivity contribution in [3.8, 4) is 0 Å². The van der Waals surface area contributed by atoms with E-state index in [0.29, 0.717) is 6.54 Å². The first-order chi connectivity index (χ1) is 10.1. The number of benzene rings is 1. The van der Waals surface area contributed by atoms with Crippen LogP contribution < -0.4 is 0 Å². The number of nitrogens with zero attached hydrogens (tertiary/aromatic N) is 1. The summed E-state index contributed by atoms with van der Waals surface area (Å²) in [7, 11) is -3.75. The Balaban J connectivity index is 3.19. The number of amides is 1. The van der Waals surface area contributed by atoms with Crippen molar-refractivity contribution in [2.45, 2.75) is 19.7 Å². The largest absolute Gasteiger partial charge is 0.395 e. The Morgan fingerprint density at radius 2 is 1.91 bits per heavy atom. The molecule has 0 bridgehead atoms. The number of carbonyl (C=O) groups is 1. The van der Waals surface area contributed by atoms with E-state index >= 15 is 0 Å². The van der Waals surface area contributed by atoms with Crippen LogP contribution in [0.15, 0.2) is 29.2 Å². The summed E-state index contributed by atoms with van der Waals surface area (Å²) in [5.41, 5.74) is 0.264. The number of halogens is 3. The minimum Gasteiger partial charge on any atom is -0.395 e. The molecule has 0 unspecified atom stereocenters. The zero-order valence-electron chi connectivity index (χ0n) is 11.8. The number of hydrogen-bond acceptors (Lipinski definition) is 4. The van der Waals surface area contributed by atoms with E-state index in [2.05, 4.69) is 47.8 Å². The van der Waals surface area contributed by atoms with Gasteiger partial charge in [-0.15, -0.1) is 0 Å². The van der Waals surface area contributed by atoms with Gasteiger partial charge in [-0.1, -0.05) is 13.0 Å². The Morgan fingerprint density at radius 1 is 1.27 bits per heavy atom. The lowest BCUT2D eigenvalue weighted by Gasteiger charge is -2.21. The van der Waals surface area contributed by atoms with Crippen molar-refractivity contribution < 1.29 is 18.3 Å². The van der Waals surface area contributed by atoms with Gasteiger partial charge >= 0.3 is 0 Å². The van der Waals surface area contributed by atoms with Crippen molar-refractivity contribution >= 4 is 63.5 Å². The highest BCUT2D eigenvalue weighted by molar-refractivity contribution is 9.42. The van der Waals surface area contributed by atoms with Gasteiger partial charge in [-0.25, -0.2) is 8.42 Å². The summed E-state index contributed by atoms with van der Waals surface area (Å²) in [6, 6.07) is 5.82. The third-order valence-corrected chi connectivity index (χ3v) is 8.17. The van der Waals surface area contributed by atoms with Gasteiger partial charge in [0.15, 0.2) is 0 Å². The lowest BCUT2D eigenvalue weighted by atomic mass is 10.2. The Morgan fingerprint density at radius 3 is 2.41 bits per heavy atom. The number of aliphatic hydroxyl groups is 1. The van der Waals surface area contributed by atoms with Gasteiger partial charge in [0, 0.05) is 18.7 Å². The molecule has 1 aromatic rings. The van der Waals surface area contributed by atoms with Crippen LogP contribution in [0.2, 0.25) is 0 Å². The normalized spacial score (nSPS) is 12.2. The zero-order valence-corrected chi connectivity index (χ0v) is 17.4. The first-order valence-electron chi connectivity index (χ1n) is 6.46. The van der Waals surface area contributed by atoms with Gasteiger partial charge in [0.25, 0.3) is 5.91 Å². The van der Waals surface area contributed by atoms with Crippen molar-refractivity contribution in [3.63, 3.8) is 0 Å². The van der Waals surface area contributed by atoms with Gasteiger partial charge in [-0.3, -0.25) is 4.79 Å². The molecule has 1 aromatic carbocycles. The van der Waals surface area contributed by atoms with Crippen LogP contribution in [0.3, 0.4) is 0 Å². The summed E-state index contributed by atoms with van der Waals surface area (Å²) in [5, 5.41) is 9.04. The van der Waals surface area contributed by atoms with Crippen LogP contribution in [0.25, 0.3) is 0 Å². The number of sulfone groups is 1. The first-order valence-corrected chi connectivity index (χ1v) is 10.3. The summed E-state index contributed by atoms with van der Waals surface area (Å²) >= 11 is 8.98. The topological polar surface area (TPSA) is 74.7 Å². The molecular weight excluding hydrogens is 506 g/mol. The maximum Gasteiger partial charge on any atom is 0.253 e. The summed E-state index contributed by atoms with van der Waals surface area (Å²) in [4.78, 5) is 13.9. The minimum absolute atomic E-state index is 0.00409. The fraction of sp³-hybridized carbons (Fsp3) is 0.462. The van der Waals surface area contributed by atoms with Crippen LogP contribution >= 0.6 is 47.8 Å². The zero-order chi connectivity index (χ0) is 17.0. The second kappa shape index (κ2) is 8.23. The van der Waals surface area contributed by atoms with E-state index in [0.717, 1.165) is 6.42 Å². The average molecular weight is 522 g/mol. The molecular formula is C13H16Br3NO4S. The second-order valence-corrected chi connectivity index (χ2v) is 14.9. The van der Waals surface area contributed by atoms with Crippen LogP contribution in [0.4, 0.5) is 0 Å². The van der Waals surface area contributed by atoms with Crippen LogP contribution in [0.1, 0.15) is 23.7 Å². The minimum atomic E-state index is -3.75. The van der Waals surface area contributed by atoms with E-state index in [1.165, 1.54) is 23.1 Å². The molecule has 124 valence electrons. The Labute approximate surface area is 155 Å². The summed E-state index contributed by atoms with van der Waals surface area (Å²) in [6.07, 6.45) is 0.747. The highest BCUT2D eigenvalue weighted by atomic mass is 80.0. The van der Waals surface area contributed by atoms with E-state index in [1.807, 2.05) is 6.92 Å².